The Kier molecular flexibility index (Phi) is 6.19. The average Bonchev–Trinajstić information content (AvgIpc) is 2.83. The summed E-state index contributed by atoms with van der Waals surface area (Å²) in [5, 5.41) is 6.61. The molecule has 2 amide bonds. The van der Waals surface area contributed by atoms with Crippen molar-refractivity contribution in [1.29, 1.82) is 0 Å². The van der Waals surface area contributed by atoms with Gasteiger partial charge in [-0.1, -0.05) is 0 Å². The monoisotopic (exact) mass is 418 g/mol. The molecule has 1 saturated heterocycles. The SMILES string of the molecule is CC(C(=O)NC12CC3CC(CC(C3)C1)C2)N1CCCN(CC(=O)NC(C)(C)C)CC1. The van der Waals surface area contributed by atoms with Crippen molar-refractivity contribution in [3.8, 4) is 0 Å². The number of amides is 2. The van der Waals surface area contributed by atoms with Crippen LogP contribution in [0.4, 0.5) is 0 Å². The molecule has 1 atom stereocenters. The minimum absolute atomic E-state index is 0.0863. The topological polar surface area (TPSA) is 64.7 Å². The van der Waals surface area contributed by atoms with Crippen LogP contribution in [-0.2, 0) is 9.59 Å². The number of carbonyl (C=O) groups is 2. The van der Waals surface area contributed by atoms with E-state index in [1.807, 2.05) is 20.8 Å². The first-order valence-electron chi connectivity index (χ1n) is 12.2. The lowest BCUT2D eigenvalue weighted by Crippen LogP contribution is -2.62. The smallest absolute Gasteiger partial charge is 0.237 e. The Morgan fingerprint density at radius 2 is 1.57 bits per heavy atom. The molecule has 4 aliphatic carbocycles. The summed E-state index contributed by atoms with van der Waals surface area (Å²) in [6, 6.07) is -0.0960. The highest BCUT2D eigenvalue weighted by Gasteiger charge is 2.51. The summed E-state index contributed by atoms with van der Waals surface area (Å²) in [5.74, 6) is 2.84. The molecule has 4 saturated carbocycles. The van der Waals surface area contributed by atoms with Gasteiger partial charge in [0.2, 0.25) is 11.8 Å². The Morgan fingerprint density at radius 3 is 2.13 bits per heavy atom. The van der Waals surface area contributed by atoms with E-state index in [-0.39, 0.29) is 28.9 Å². The van der Waals surface area contributed by atoms with Gasteiger partial charge in [0.15, 0.2) is 0 Å². The van der Waals surface area contributed by atoms with Crippen molar-refractivity contribution in [2.75, 3.05) is 32.7 Å². The lowest BCUT2D eigenvalue weighted by atomic mass is 9.53. The largest absolute Gasteiger partial charge is 0.350 e. The molecule has 1 heterocycles. The quantitative estimate of drug-likeness (QED) is 0.720. The van der Waals surface area contributed by atoms with Gasteiger partial charge < -0.3 is 10.6 Å². The molecule has 1 unspecified atom stereocenters. The molecule has 0 spiro atoms. The average molecular weight is 419 g/mol. The van der Waals surface area contributed by atoms with Gasteiger partial charge in [-0.2, -0.15) is 0 Å². The van der Waals surface area contributed by atoms with Gasteiger partial charge in [-0.25, -0.2) is 0 Å². The number of hydrogen-bond donors (Lipinski definition) is 2. The normalized spacial score (nSPS) is 35.7. The molecule has 2 N–H and O–H groups in total. The minimum Gasteiger partial charge on any atom is -0.350 e. The van der Waals surface area contributed by atoms with Crippen LogP contribution in [-0.4, -0.2) is 71.5 Å². The molecule has 5 aliphatic rings. The Hall–Kier alpha value is -1.14. The molecule has 4 bridgehead atoms. The van der Waals surface area contributed by atoms with Gasteiger partial charge in [-0.3, -0.25) is 19.4 Å². The van der Waals surface area contributed by atoms with Crippen molar-refractivity contribution in [3.05, 3.63) is 0 Å². The molecule has 0 aromatic heterocycles. The van der Waals surface area contributed by atoms with Gasteiger partial charge in [0.1, 0.15) is 0 Å². The van der Waals surface area contributed by atoms with E-state index in [0.717, 1.165) is 50.4 Å². The minimum atomic E-state index is -0.196. The van der Waals surface area contributed by atoms with Crippen LogP contribution in [0.2, 0.25) is 0 Å². The molecule has 6 nitrogen and oxygen atoms in total. The summed E-state index contributed by atoms with van der Waals surface area (Å²) in [5.41, 5.74) is -0.109. The first-order chi connectivity index (χ1) is 14.1. The van der Waals surface area contributed by atoms with Gasteiger partial charge in [-0.05, 0) is 96.9 Å². The molecular formula is C24H42N4O2. The Bertz CT molecular complexity index is 621. The highest BCUT2D eigenvalue weighted by atomic mass is 16.2. The maximum absolute atomic E-state index is 13.2. The molecule has 30 heavy (non-hydrogen) atoms. The summed E-state index contributed by atoms with van der Waals surface area (Å²) >= 11 is 0. The third kappa shape index (κ3) is 5.18. The molecule has 0 aromatic rings. The van der Waals surface area contributed by atoms with E-state index >= 15 is 0 Å². The van der Waals surface area contributed by atoms with Crippen LogP contribution in [0.1, 0.15) is 72.6 Å². The van der Waals surface area contributed by atoms with Crippen molar-refractivity contribution in [2.45, 2.75) is 89.8 Å². The van der Waals surface area contributed by atoms with E-state index < -0.39 is 0 Å². The fourth-order valence-electron chi connectivity index (χ4n) is 6.99. The van der Waals surface area contributed by atoms with Crippen LogP contribution in [0.3, 0.4) is 0 Å². The lowest BCUT2D eigenvalue weighted by molar-refractivity contribution is -0.131. The van der Waals surface area contributed by atoms with Crippen LogP contribution in [0, 0.1) is 17.8 Å². The van der Waals surface area contributed by atoms with E-state index in [2.05, 4.69) is 27.4 Å². The second-order valence-electron chi connectivity index (χ2n) is 11.8. The molecular weight excluding hydrogens is 376 g/mol. The van der Waals surface area contributed by atoms with Crippen LogP contribution < -0.4 is 10.6 Å². The van der Waals surface area contributed by atoms with Gasteiger partial charge in [0, 0.05) is 30.7 Å². The van der Waals surface area contributed by atoms with E-state index in [1.165, 1.54) is 38.5 Å². The fraction of sp³-hybridized carbons (Fsp3) is 0.917. The van der Waals surface area contributed by atoms with Crippen LogP contribution in [0.5, 0.6) is 0 Å². The summed E-state index contributed by atoms with van der Waals surface area (Å²) in [6.07, 6.45) is 8.80. The first-order valence-corrected chi connectivity index (χ1v) is 12.2. The Labute approximate surface area is 182 Å². The number of nitrogens with one attached hydrogen (secondary N) is 2. The van der Waals surface area contributed by atoms with Gasteiger partial charge in [0.05, 0.1) is 12.6 Å². The van der Waals surface area contributed by atoms with Crippen molar-refractivity contribution in [2.24, 2.45) is 17.8 Å². The van der Waals surface area contributed by atoms with E-state index in [0.29, 0.717) is 6.54 Å². The molecule has 1 aliphatic heterocycles. The maximum atomic E-state index is 13.2. The zero-order valence-corrected chi connectivity index (χ0v) is 19.5. The second kappa shape index (κ2) is 8.42. The van der Waals surface area contributed by atoms with Crippen LogP contribution in [0.25, 0.3) is 0 Å². The fourth-order valence-corrected chi connectivity index (χ4v) is 6.99. The Morgan fingerprint density at radius 1 is 0.967 bits per heavy atom. The molecule has 6 heteroatoms. The van der Waals surface area contributed by atoms with Gasteiger partial charge in [-0.15, -0.1) is 0 Å². The first kappa shape index (κ1) is 22.1. The highest BCUT2D eigenvalue weighted by molar-refractivity contribution is 5.82. The molecule has 170 valence electrons. The lowest BCUT2D eigenvalue weighted by Gasteiger charge is -2.57. The number of rotatable bonds is 5. The second-order valence-corrected chi connectivity index (χ2v) is 11.8. The van der Waals surface area contributed by atoms with Crippen molar-refractivity contribution < 1.29 is 9.59 Å². The van der Waals surface area contributed by atoms with E-state index in [1.54, 1.807) is 0 Å². The van der Waals surface area contributed by atoms with Crippen molar-refractivity contribution in [3.63, 3.8) is 0 Å². The third-order valence-electron chi connectivity index (χ3n) is 7.86. The highest BCUT2D eigenvalue weighted by Crippen LogP contribution is 2.55. The molecule has 5 rings (SSSR count). The number of carbonyl (C=O) groups excluding carboxylic acids is 2. The van der Waals surface area contributed by atoms with E-state index in [9.17, 15) is 9.59 Å². The van der Waals surface area contributed by atoms with Gasteiger partial charge >= 0.3 is 0 Å². The van der Waals surface area contributed by atoms with Crippen molar-refractivity contribution in [1.82, 2.24) is 20.4 Å². The van der Waals surface area contributed by atoms with Crippen LogP contribution in [0.15, 0.2) is 0 Å². The van der Waals surface area contributed by atoms with Crippen LogP contribution >= 0.6 is 0 Å². The van der Waals surface area contributed by atoms with E-state index in [4.69, 9.17) is 0 Å². The standard InChI is InChI=1S/C24H42N4O2/c1-17(22(30)26-24-13-18-10-19(14-24)12-20(11-18)15-24)28-7-5-6-27(8-9-28)16-21(29)25-23(2,3)4/h17-20H,5-16H2,1-4H3,(H,25,29)(H,26,30). The number of nitrogens with zero attached hydrogens (tertiary/aromatic N) is 2. The zero-order valence-electron chi connectivity index (χ0n) is 19.5. The number of hydrogen-bond acceptors (Lipinski definition) is 4. The molecule has 0 aromatic carbocycles. The summed E-state index contributed by atoms with van der Waals surface area (Å²) in [6.45, 7) is 12.1. The third-order valence-corrected chi connectivity index (χ3v) is 7.86. The summed E-state index contributed by atoms with van der Waals surface area (Å²) < 4.78 is 0. The van der Waals surface area contributed by atoms with Crippen molar-refractivity contribution >= 4 is 11.8 Å². The Balaban J connectivity index is 1.28. The van der Waals surface area contributed by atoms with Gasteiger partial charge in [0.25, 0.3) is 0 Å². The maximum Gasteiger partial charge on any atom is 0.237 e. The summed E-state index contributed by atoms with van der Waals surface area (Å²) in [4.78, 5) is 30.1. The molecule has 5 fully saturated rings. The predicted octanol–water partition coefficient (Wildman–Crippen LogP) is 2.38. The summed E-state index contributed by atoms with van der Waals surface area (Å²) in [7, 11) is 0. The zero-order chi connectivity index (χ0) is 21.5. The molecule has 0 radical (unpaired) electrons. The predicted molar refractivity (Wildman–Crippen MR) is 119 cm³/mol.